The summed E-state index contributed by atoms with van der Waals surface area (Å²) in [4.78, 5) is 3.31. The van der Waals surface area contributed by atoms with Gasteiger partial charge in [-0.1, -0.05) is 18.2 Å². The highest BCUT2D eigenvalue weighted by Gasteiger charge is 2.32. The van der Waals surface area contributed by atoms with Gasteiger partial charge in [0, 0.05) is 17.0 Å². The van der Waals surface area contributed by atoms with E-state index in [1.807, 2.05) is 31.2 Å². The van der Waals surface area contributed by atoms with Crippen LogP contribution in [0, 0.1) is 20.8 Å². The Kier molecular flexibility index (Phi) is 2.86. The van der Waals surface area contributed by atoms with Crippen molar-refractivity contribution >= 4 is 0 Å². The summed E-state index contributed by atoms with van der Waals surface area (Å²) in [5, 5.41) is 10.7. The number of hydrogen-bond acceptors (Lipinski definition) is 2. The lowest BCUT2D eigenvalue weighted by Crippen LogP contribution is -2.13. The molecule has 2 N–H and O–H groups in total. The Balaban J connectivity index is 1.97. The number of aliphatic hydroxyl groups is 1. The number of aromatic amines is 1. The number of benzene rings is 1. The molecule has 3 rings (SSSR count). The van der Waals surface area contributed by atoms with Crippen LogP contribution in [0.2, 0.25) is 0 Å². The number of fused-ring (bicyclic) bond motifs is 1. The van der Waals surface area contributed by atoms with Gasteiger partial charge in [0.05, 0.1) is 12.5 Å². The zero-order valence-corrected chi connectivity index (χ0v) is 11.5. The van der Waals surface area contributed by atoms with Crippen LogP contribution in [0.4, 0.5) is 0 Å². The number of hydrogen-bond donors (Lipinski definition) is 2. The lowest BCUT2D eigenvalue weighted by molar-refractivity contribution is 0.126. The minimum atomic E-state index is -0.545. The maximum atomic E-state index is 10.7. The second-order valence-corrected chi connectivity index (χ2v) is 5.31. The van der Waals surface area contributed by atoms with Crippen molar-refractivity contribution in [1.29, 1.82) is 0 Å². The van der Waals surface area contributed by atoms with Gasteiger partial charge < -0.3 is 14.8 Å². The molecule has 0 aliphatic carbocycles. The Morgan fingerprint density at radius 3 is 2.63 bits per heavy atom. The third-order valence-corrected chi connectivity index (χ3v) is 4.26. The average molecular weight is 257 g/mol. The molecule has 0 fully saturated rings. The third kappa shape index (κ3) is 1.85. The summed E-state index contributed by atoms with van der Waals surface area (Å²) in [5.74, 6) is 0.900. The van der Waals surface area contributed by atoms with Crippen molar-refractivity contribution in [3.05, 3.63) is 52.3 Å². The summed E-state index contributed by atoms with van der Waals surface area (Å²) < 4.78 is 5.66. The monoisotopic (exact) mass is 257 g/mol. The third-order valence-electron chi connectivity index (χ3n) is 4.26. The van der Waals surface area contributed by atoms with E-state index in [0.717, 1.165) is 28.3 Å². The Morgan fingerprint density at radius 1 is 1.21 bits per heavy atom. The minimum Gasteiger partial charge on any atom is -0.493 e. The van der Waals surface area contributed by atoms with Gasteiger partial charge in [-0.25, -0.2) is 0 Å². The second kappa shape index (κ2) is 4.42. The van der Waals surface area contributed by atoms with Crippen LogP contribution in [0.5, 0.6) is 5.75 Å². The minimum absolute atomic E-state index is 0.00681. The summed E-state index contributed by atoms with van der Waals surface area (Å²) >= 11 is 0. The first-order valence-electron chi connectivity index (χ1n) is 6.65. The average Bonchev–Trinajstić information content (AvgIpc) is 2.95. The molecule has 2 aromatic rings. The van der Waals surface area contributed by atoms with Gasteiger partial charge in [-0.2, -0.15) is 0 Å². The van der Waals surface area contributed by atoms with Crippen molar-refractivity contribution < 1.29 is 9.84 Å². The van der Waals surface area contributed by atoms with E-state index >= 15 is 0 Å². The van der Waals surface area contributed by atoms with Crippen molar-refractivity contribution in [2.75, 3.05) is 6.61 Å². The van der Waals surface area contributed by atoms with Crippen LogP contribution in [0.3, 0.4) is 0 Å². The molecule has 1 aliphatic rings. The molecule has 2 heterocycles. The topological polar surface area (TPSA) is 45.2 Å². The molecule has 100 valence electrons. The maximum absolute atomic E-state index is 10.7. The van der Waals surface area contributed by atoms with Crippen LogP contribution in [0.15, 0.2) is 24.3 Å². The predicted molar refractivity (Wildman–Crippen MR) is 74.6 cm³/mol. The predicted octanol–water partition coefficient (Wildman–Crippen LogP) is 3.15. The van der Waals surface area contributed by atoms with E-state index in [1.54, 1.807) is 0 Å². The molecule has 0 amide bonds. The fourth-order valence-electron chi connectivity index (χ4n) is 2.82. The number of rotatable bonds is 2. The number of para-hydroxylation sites is 1. The molecule has 0 bridgehead atoms. The van der Waals surface area contributed by atoms with Crippen molar-refractivity contribution in [2.45, 2.75) is 32.8 Å². The van der Waals surface area contributed by atoms with Crippen molar-refractivity contribution in [3.63, 3.8) is 0 Å². The van der Waals surface area contributed by atoms with Gasteiger partial charge in [-0.15, -0.1) is 0 Å². The zero-order chi connectivity index (χ0) is 13.6. The largest absolute Gasteiger partial charge is 0.493 e. The molecule has 0 radical (unpaired) electrons. The van der Waals surface area contributed by atoms with Gasteiger partial charge in [0.1, 0.15) is 11.9 Å². The highest BCUT2D eigenvalue weighted by molar-refractivity contribution is 5.43. The van der Waals surface area contributed by atoms with E-state index in [0.29, 0.717) is 6.61 Å². The smallest absolute Gasteiger partial charge is 0.123 e. The van der Waals surface area contributed by atoms with E-state index in [4.69, 9.17) is 4.74 Å². The molecule has 3 heteroatoms. The lowest BCUT2D eigenvalue weighted by atomic mass is 9.92. The van der Waals surface area contributed by atoms with Gasteiger partial charge in [0.2, 0.25) is 0 Å². The maximum Gasteiger partial charge on any atom is 0.123 e. The van der Waals surface area contributed by atoms with Crippen LogP contribution < -0.4 is 4.74 Å². The molecule has 1 aromatic heterocycles. The highest BCUT2D eigenvalue weighted by atomic mass is 16.5. The van der Waals surface area contributed by atoms with Crippen molar-refractivity contribution in [1.82, 2.24) is 4.98 Å². The fourth-order valence-corrected chi connectivity index (χ4v) is 2.82. The van der Waals surface area contributed by atoms with Crippen LogP contribution in [0.25, 0.3) is 0 Å². The summed E-state index contributed by atoms with van der Waals surface area (Å²) in [6.07, 6.45) is -0.545. The molecule has 0 spiro atoms. The SMILES string of the molecule is Cc1[nH]c(C(O)C2COc3ccccc32)c(C)c1C. The first kappa shape index (κ1) is 12.3. The molecular formula is C16H19NO2. The van der Waals surface area contributed by atoms with Gasteiger partial charge >= 0.3 is 0 Å². The van der Waals surface area contributed by atoms with Gasteiger partial charge in [0.15, 0.2) is 0 Å². The normalized spacial score (nSPS) is 19.1. The molecular weight excluding hydrogens is 238 g/mol. The molecule has 19 heavy (non-hydrogen) atoms. The molecule has 2 unspecified atom stereocenters. The Bertz CT molecular complexity index is 615. The Morgan fingerprint density at radius 2 is 1.95 bits per heavy atom. The first-order chi connectivity index (χ1) is 9.09. The van der Waals surface area contributed by atoms with E-state index < -0.39 is 6.10 Å². The van der Waals surface area contributed by atoms with Crippen LogP contribution in [-0.2, 0) is 0 Å². The summed E-state index contributed by atoms with van der Waals surface area (Å²) in [6, 6.07) is 7.95. The summed E-state index contributed by atoms with van der Waals surface area (Å²) in [6.45, 7) is 6.71. The first-order valence-corrected chi connectivity index (χ1v) is 6.65. The zero-order valence-electron chi connectivity index (χ0n) is 11.5. The molecule has 0 saturated heterocycles. The van der Waals surface area contributed by atoms with E-state index in [2.05, 4.69) is 18.8 Å². The number of ether oxygens (including phenoxy) is 1. The fraction of sp³-hybridized carbons (Fsp3) is 0.375. The van der Waals surface area contributed by atoms with Gasteiger partial charge in [-0.3, -0.25) is 0 Å². The second-order valence-electron chi connectivity index (χ2n) is 5.31. The van der Waals surface area contributed by atoms with Crippen molar-refractivity contribution in [3.8, 4) is 5.75 Å². The molecule has 2 atom stereocenters. The van der Waals surface area contributed by atoms with Crippen LogP contribution >= 0.6 is 0 Å². The molecule has 0 saturated carbocycles. The number of aryl methyl sites for hydroxylation is 1. The number of H-pyrrole nitrogens is 1. The number of nitrogens with one attached hydrogen (secondary N) is 1. The molecule has 1 aromatic carbocycles. The summed E-state index contributed by atoms with van der Waals surface area (Å²) in [7, 11) is 0. The lowest BCUT2D eigenvalue weighted by Gasteiger charge is -2.17. The Hall–Kier alpha value is -1.74. The van der Waals surface area contributed by atoms with Crippen molar-refractivity contribution in [2.24, 2.45) is 0 Å². The standard InChI is InChI=1S/C16H19NO2/c1-9-10(2)15(17-11(9)3)16(18)13-8-19-14-7-5-4-6-12(13)14/h4-7,13,16-18H,8H2,1-3H3. The highest BCUT2D eigenvalue weighted by Crippen LogP contribution is 2.41. The van der Waals surface area contributed by atoms with E-state index in [-0.39, 0.29) is 5.92 Å². The Labute approximate surface area is 113 Å². The van der Waals surface area contributed by atoms with Gasteiger partial charge in [0.25, 0.3) is 0 Å². The van der Waals surface area contributed by atoms with Crippen LogP contribution in [0.1, 0.15) is 40.1 Å². The van der Waals surface area contributed by atoms with E-state index in [1.165, 1.54) is 5.56 Å². The number of aliphatic hydroxyl groups excluding tert-OH is 1. The quantitative estimate of drug-likeness (QED) is 0.868. The molecule has 3 nitrogen and oxygen atoms in total. The van der Waals surface area contributed by atoms with Crippen LogP contribution in [-0.4, -0.2) is 16.7 Å². The summed E-state index contributed by atoms with van der Waals surface area (Å²) in [5.41, 5.74) is 5.51. The van der Waals surface area contributed by atoms with E-state index in [9.17, 15) is 5.11 Å². The van der Waals surface area contributed by atoms with Gasteiger partial charge in [-0.05, 0) is 38.0 Å². The number of aromatic nitrogens is 1. The molecule has 1 aliphatic heterocycles.